The van der Waals surface area contributed by atoms with Crippen LogP contribution < -0.4 is 0 Å². The number of hydrogen-bond acceptors (Lipinski definition) is 6. The number of hydrogen-bond donors (Lipinski definition) is 1. The number of piperidine rings is 1. The first-order chi connectivity index (χ1) is 20.5. The maximum absolute atomic E-state index is 12.7. The van der Waals surface area contributed by atoms with Crippen LogP contribution in [0.2, 0.25) is 11.8 Å². The summed E-state index contributed by atoms with van der Waals surface area (Å²) >= 11 is 6.62. The van der Waals surface area contributed by atoms with Crippen molar-refractivity contribution in [2.45, 2.75) is 32.2 Å². The number of rotatable bonds is 6. The first-order valence-electron chi connectivity index (χ1n) is 15.0. The van der Waals surface area contributed by atoms with E-state index >= 15 is 0 Å². The summed E-state index contributed by atoms with van der Waals surface area (Å²) in [7, 11) is -0.420. The molecule has 1 aromatic heterocycles. The van der Waals surface area contributed by atoms with Gasteiger partial charge in [-0.05, 0) is 90.8 Å². The van der Waals surface area contributed by atoms with Crippen molar-refractivity contribution >= 4 is 36.4 Å². The quantitative estimate of drug-likeness (QED) is 0.386. The van der Waals surface area contributed by atoms with Gasteiger partial charge in [-0.15, -0.1) is 0 Å². The molecule has 3 aliphatic rings. The molecule has 3 aromatic rings. The van der Waals surface area contributed by atoms with Gasteiger partial charge >= 0.3 is 13.1 Å². The highest BCUT2D eigenvalue weighted by atomic mass is 35.5. The molecule has 2 fully saturated rings. The predicted molar refractivity (Wildman–Crippen MR) is 168 cm³/mol. The molecule has 2 saturated heterocycles. The van der Waals surface area contributed by atoms with E-state index in [0.717, 1.165) is 67.4 Å². The zero-order valence-electron chi connectivity index (χ0n) is 24.2. The number of benzene rings is 2. The SMILES string of the molecule is CB(O)N1CCC(C2c3ccc(Cl)cc3C(CN3CCN(C(=O)OCc4ccccc4)CC3)=Cc3cccnc32)CC1. The van der Waals surface area contributed by atoms with Gasteiger partial charge in [0.15, 0.2) is 0 Å². The first-order valence-corrected chi connectivity index (χ1v) is 15.4. The smallest absolute Gasteiger partial charge is 0.410 e. The Morgan fingerprint density at radius 1 is 1.02 bits per heavy atom. The third-order valence-electron chi connectivity index (χ3n) is 9.00. The maximum atomic E-state index is 12.7. The Morgan fingerprint density at radius 2 is 1.79 bits per heavy atom. The van der Waals surface area contributed by atoms with Crippen LogP contribution >= 0.6 is 11.6 Å². The van der Waals surface area contributed by atoms with Crippen LogP contribution in [0.15, 0.2) is 66.9 Å². The van der Waals surface area contributed by atoms with Crippen molar-refractivity contribution in [1.29, 1.82) is 0 Å². The molecule has 218 valence electrons. The Bertz CT molecular complexity index is 1420. The van der Waals surface area contributed by atoms with Crippen LogP contribution in [0.3, 0.4) is 0 Å². The summed E-state index contributed by atoms with van der Waals surface area (Å²) < 4.78 is 5.58. The second-order valence-corrected chi connectivity index (χ2v) is 12.1. The lowest BCUT2D eigenvalue weighted by atomic mass is 9.73. The van der Waals surface area contributed by atoms with Crippen molar-refractivity contribution in [1.82, 2.24) is 19.6 Å². The van der Waals surface area contributed by atoms with E-state index in [1.54, 1.807) is 4.90 Å². The summed E-state index contributed by atoms with van der Waals surface area (Å²) in [5.74, 6) is 0.585. The fourth-order valence-corrected chi connectivity index (χ4v) is 6.85. The van der Waals surface area contributed by atoms with Crippen LogP contribution in [-0.4, -0.2) is 83.6 Å². The largest absolute Gasteiger partial charge is 0.445 e. The molecule has 6 rings (SSSR count). The topological polar surface area (TPSA) is 69.1 Å². The van der Waals surface area contributed by atoms with Crippen LogP contribution in [-0.2, 0) is 11.3 Å². The summed E-state index contributed by atoms with van der Waals surface area (Å²) in [6, 6.07) is 20.3. The van der Waals surface area contributed by atoms with Gasteiger partial charge in [0, 0.05) is 49.9 Å². The van der Waals surface area contributed by atoms with E-state index in [1.807, 2.05) is 55.5 Å². The van der Waals surface area contributed by atoms with Gasteiger partial charge in [-0.2, -0.15) is 0 Å². The van der Waals surface area contributed by atoms with Gasteiger partial charge < -0.3 is 19.5 Å². The number of fused-ring (bicyclic) bond motifs is 2. The van der Waals surface area contributed by atoms with Crippen molar-refractivity contribution in [3.63, 3.8) is 0 Å². The highest BCUT2D eigenvalue weighted by Gasteiger charge is 2.36. The molecule has 0 spiro atoms. The number of carbonyl (C=O) groups excluding carboxylic acids is 1. The molecule has 1 atom stereocenters. The number of aromatic nitrogens is 1. The molecular formula is C33H38BClN4O3. The third-order valence-corrected chi connectivity index (χ3v) is 9.23. The van der Waals surface area contributed by atoms with E-state index in [0.29, 0.717) is 19.0 Å². The van der Waals surface area contributed by atoms with Crippen LogP contribution in [0.5, 0.6) is 0 Å². The molecule has 2 aromatic carbocycles. The minimum Gasteiger partial charge on any atom is -0.445 e. The Morgan fingerprint density at radius 3 is 2.52 bits per heavy atom. The Kier molecular flexibility index (Phi) is 8.96. The van der Waals surface area contributed by atoms with Gasteiger partial charge in [0.05, 0.1) is 5.69 Å². The normalized spacial score (nSPS) is 19.8. The average Bonchev–Trinajstić information content (AvgIpc) is 3.15. The number of amides is 1. The van der Waals surface area contributed by atoms with Crippen molar-refractivity contribution < 1.29 is 14.6 Å². The van der Waals surface area contributed by atoms with Crippen LogP contribution in [0, 0.1) is 5.92 Å². The summed E-state index contributed by atoms with van der Waals surface area (Å²) in [5, 5.41) is 10.9. The van der Waals surface area contributed by atoms with Crippen molar-refractivity contribution in [3.05, 3.63) is 99.8 Å². The molecule has 1 amide bonds. The number of piperazine rings is 1. The second kappa shape index (κ2) is 13.0. The van der Waals surface area contributed by atoms with E-state index in [2.05, 4.69) is 34.0 Å². The molecule has 1 aliphatic carbocycles. The van der Waals surface area contributed by atoms with Crippen LogP contribution in [0.1, 0.15) is 46.7 Å². The molecule has 0 radical (unpaired) electrons. The molecule has 3 heterocycles. The van der Waals surface area contributed by atoms with E-state index in [4.69, 9.17) is 21.3 Å². The van der Waals surface area contributed by atoms with Crippen LogP contribution in [0.25, 0.3) is 11.6 Å². The summed E-state index contributed by atoms with van der Waals surface area (Å²) in [6.07, 6.45) is 5.95. The minimum atomic E-state index is -0.420. The lowest BCUT2D eigenvalue weighted by molar-refractivity contribution is 0.0746. The zero-order valence-corrected chi connectivity index (χ0v) is 24.9. The highest BCUT2D eigenvalue weighted by molar-refractivity contribution is 6.45. The monoisotopic (exact) mass is 584 g/mol. The Balaban J connectivity index is 1.19. The molecule has 42 heavy (non-hydrogen) atoms. The van der Waals surface area contributed by atoms with Gasteiger partial charge in [-0.25, -0.2) is 4.79 Å². The fourth-order valence-electron chi connectivity index (χ4n) is 6.68. The third kappa shape index (κ3) is 6.42. The minimum absolute atomic E-state index is 0.162. The molecule has 1 N–H and O–H groups in total. The van der Waals surface area contributed by atoms with Crippen molar-refractivity contribution in [2.75, 3.05) is 45.8 Å². The molecule has 1 unspecified atom stereocenters. The molecular weight excluding hydrogens is 547 g/mol. The maximum Gasteiger partial charge on any atom is 0.410 e. The number of carbonyl (C=O) groups is 1. The number of pyridine rings is 1. The Hall–Kier alpha value is -3.17. The highest BCUT2D eigenvalue weighted by Crippen LogP contribution is 2.45. The van der Waals surface area contributed by atoms with E-state index in [9.17, 15) is 9.82 Å². The standard InChI is InChI=1S/C33H38BClN4O3/c1-34(41)39-14-11-25(12-15-39)31-29-10-9-28(35)21-30(29)27(20-26-8-5-13-36-32(26)31)22-37-16-18-38(19-17-37)33(40)42-23-24-6-3-2-4-7-24/h2-10,13,20-21,25,31,41H,11-12,14-19,22-23H2,1H3. The van der Waals surface area contributed by atoms with Gasteiger partial charge in [0.25, 0.3) is 0 Å². The summed E-state index contributed by atoms with van der Waals surface area (Å²) in [4.78, 5) is 24.0. The van der Waals surface area contributed by atoms with E-state index < -0.39 is 7.05 Å². The fraction of sp³-hybridized carbons (Fsp3) is 0.394. The zero-order chi connectivity index (χ0) is 29.1. The van der Waals surface area contributed by atoms with Gasteiger partial charge in [0.1, 0.15) is 6.61 Å². The molecule has 9 heteroatoms. The molecule has 0 saturated carbocycles. The summed E-state index contributed by atoms with van der Waals surface area (Å²) in [6.45, 7) is 7.47. The van der Waals surface area contributed by atoms with E-state index in [-0.39, 0.29) is 18.6 Å². The second-order valence-electron chi connectivity index (χ2n) is 11.7. The molecule has 0 bridgehead atoms. The molecule has 7 nitrogen and oxygen atoms in total. The van der Waals surface area contributed by atoms with Gasteiger partial charge in [0.2, 0.25) is 0 Å². The average molecular weight is 585 g/mol. The predicted octanol–water partition coefficient (Wildman–Crippen LogP) is 5.50. The van der Waals surface area contributed by atoms with Crippen LogP contribution in [0.4, 0.5) is 4.79 Å². The Labute approximate surface area is 253 Å². The number of halogens is 1. The first kappa shape index (κ1) is 28.9. The number of nitrogens with zero attached hydrogens (tertiary/aromatic N) is 4. The van der Waals surface area contributed by atoms with Gasteiger partial charge in [-0.3, -0.25) is 9.88 Å². The lowest BCUT2D eigenvalue weighted by Gasteiger charge is -2.37. The van der Waals surface area contributed by atoms with Crippen molar-refractivity contribution in [3.8, 4) is 0 Å². The molecule has 2 aliphatic heterocycles. The lowest BCUT2D eigenvalue weighted by Crippen LogP contribution is -2.49. The number of ether oxygens (including phenoxy) is 1. The summed E-state index contributed by atoms with van der Waals surface area (Å²) in [5.41, 5.74) is 6.97. The van der Waals surface area contributed by atoms with Gasteiger partial charge in [-0.1, -0.05) is 54.1 Å². The van der Waals surface area contributed by atoms with Crippen molar-refractivity contribution in [2.24, 2.45) is 5.92 Å². The van der Waals surface area contributed by atoms with E-state index in [1.165, 1.54) is 16.7 Å².